The highest BCUT2D eigenvalue weighted by molar-refractivity contribution is 7.31. The Morgan fingerprint density at radius 1 is 0.621 bits per heavy atom. The topological polar surface area (TPSA) is 134 Å². The fourth-order valence-electron chi connectivity index (χ4n) is 8.14. The number of carbonyl (C=O) groups excluding carboxylic acids is 5. The van der Waals surface area contributed by atoms with Gasteiger partial charge in [-0.15, -0.1) is 22.7 Å². The zero-order valence-corrected chi connectivity index (χ0v) is 35.0. The van der Waals surface area contributed by atoms with Crippen molar-refractivity contribution in [3.63, 3.8) is 0 Å². The molecule has 18 heteroatoms. The number of Topliss-reactive ketones (excluding diaryl/α,β-unsaturated/α-hetero) is 3. The van der Waals surface area contributed by atoms with Gasteiger partial charge in [0.2, 0.25) is 11.6 Å². The molecule has 0 saturated carbocycles. The normalized spacial score (nSPS) is 16.3. The van der Waals surface area contributed by atoms with E-state index in [4.69, 9.17) is 9.47 Å². The van der Waals surface area contributed by atoms with Crippen molar-refractivity contribution in [2.45, 2.75) is 31.7 Å². The standard InChI is InChI=1S/C48H26F6N2O8S2/c49-47(50,51)25-11-13-29-31(15-25)39(57)41(59)33(29)17-27-18-36-37(55(27)45(61)63-21-23-7-3-1-4-8-23)38-44(66-36)43-35(56(38)46(62)64-22-24-9-5-2-6-10-24)20-28(65-43)19-34-30-14-12-26(48(52,53)54)16-32(30)40(58)42(34)60/h1-20,42,60H,21-22H2/b33-17-,34-19-. The molecule has 0 aliphatic heterocycles. The van der Waals surface area contributed by atoms with Gasteiger partial charge in [0.05, 0.1) is 47.5 Å². The number of alkyl halides is 6. The summed E-state index contributed by atoms with van der Waals surface area (Å²) in [6.45, 7) is -0.394. The number of fused-ring (bicyclic) bond motifs is 7. The van der Waals surface area contributed by atoms with Crippen molar-refractivity contribution in [1.29, 1.82) is 0 Å². The van der Waals surface area contributed by atoms with Crippen LogP contribution < -0.4 is 0 Å². The predicted octanol–water partition coefficient (Wildman–Crippen LogP) is 11.7. The minimum Gasteiger partial charge on any atom is -0.444 e. The smallest absolute Gasteiger partial charge is 0.419 e. The Bertz CT molecular complexity index is 3460. The Balaban J connectivity index is 1.16. The Morgan fingerprint density at radius 3 is 1.80 bits per heavy atom. The lowest BCUT2D eigenvalue weighted by molar-refractivity contribution is -0.138. The lowest BCUT2D eigenvalue weighted by Crippen LogP contribution is -2.17. The fourth-order valence-corrected chi connectivity index (χ4v) is 10.6. The van der Waals surface area contributed by atoms with Gasteiger partial charge in [-0.3, -0.25) is 14.4 Å². The Labute approximate surface area is 374 Å². The molecule has 8 aromatic rings. The summed E-state index contributed by atoms with van der Waals surface area (Å²) in [4.78, 5) is 68.8. The molecule has 330 valence electrons. The first-order chi connectivity index (χ1) is 31.5. The van der Waals surface area contributed by atoms with Crippen molar-refractivity contribution in [2.24, 2.45) is 0 Å². The van der Waals surface area contributed by atoms with Crippen LogP contribution in [0.2, 0.25) is 0 Å². The second kappa shape index (κ2) is 15.6. The molecule has 10 nitrogen and oxygen atoms in total. The van der Waals surface area contributed by atoms with Crippen LogP contribution in [0, 0.1) is 0 Å². The van der Waals surface area contributed by atoms with Gasteiger partial charge in [0.15, 0.2) is 5.78 Å². The monoisotopic (exact) mass is 936 g/mol. The number of nitrogens with zero attached hydrogens (tertiary/aromatic N) is 2. The molecule has 4 aromatic heterocycles. The van der Waals surface area contributed by atoms with Crippen molar-refractivity contribution in [2.75, 3.05) is 0 Å². The van der Waals surface area contributed by atoms with Crippen molar-refractivity contribution in [3.8, 4) is 0 Å². The summed E-state index contributed by atoms with van der Waals surface area (Å²) < 4.78 is 96.8. The van der Waals surface area contributed by atoms with Gasteiger partial charge in [-0.05, 0) is 76.4 Å². The molecule has 1 N–H and O–H groups in total. The van der Waals surface area contributed by atoms with E-state index in [0.717, 1.165) is 51.5 Å². The number of ketones is 3. The average molecular weight is 937 g/mol. The maximum absolute atomic E-state index is 14.4. The van der Waals surface area contributed by atoms with E-state index in [1.165, 1.54) is 22.8 Å². The summed E-state index contributed by atoms with van der Waals surface area (Å²) >= 11 is 2.25. The number of hydrogen-bond acceptors (Lipinski definition) is 10. The van der Waals surface area contributed by atoms with E-state index >= 15 is 0 Å². The van der Waals surface area contributed by atoms with Crippen LogP contribution in [0.1, 0.15) is 64.7 Å². The highest BCUT2D eigenvalue weighted by atomic mass is 32.1. The summed E-state index contributed by atoms with van der Waals surface area (Å²) in [5.74, 6) is -3.18. The number of ether oxygens (including phenoxy) is 2. The molecule has 4 aromatic carbocycles. The van der Waals surface area contributed by atoms with E-state index in [1.807, 2.05) is 0 Å². The van der Waals surface area contributed by atoms with Crippen LogP contribution in [0.25, 0.3) is 53.9 Å². The van der Waals surface area contributed by atoms with Crippen LogP contribution in [0.15, 0.2) is 109 Å². The number of hydrogen-bond donors (Lipinski definition) is 1. The quantitative estimate of drug-likeness (QED) is 0.0990. The third-order valence-corrected chi connectivity index (χ3v) is 13.6. The zero-order valence-electron chi connectivity index (χ0n) is 33.3. The minimum atomic E-state index is -4.80. The third-order valence-electron chi connectivity index (χ3n) is 11.2. The molecule has 0 amide bonds. The first-order valence-electron chi connectivity index (χ1n) is 19.7. The van der Waals surface area contributed by atoms with Crippen LogP contribution >= 0.6 is 22.7 Å². The van der Waals surface area contributed by atoms with Gasteiger partial charge in [0, 0.05) is 21.6 Å². The number of carbonyl (C=O) groups is 5. The zero-order chi connectivity index (χ0) is 46.4. The number of rotatable bonds is 6. The molecule has 1 unspecified atom stereocenters. The summed E-state index contributed by atoms with van der Waals surface area (Å²) in [7, 11) is 0. The van der Waals surface area contributed by atoms with Gasteiger partial charge in [0.1, 0.15) is 19.3 Å². The van der Waals surface area contributed by atoms with E-state index in [-0.39, 0.29) is 63.3 Å². The van der Waals surface area contributed by atoms with Crippen molar-refractivity contribution in [3.05, 3.63) is 164 Å². The summed E-state index contributed by atoms with van der Waals surface area (Å²) in [6.07, 6.45) is -10.5. The summed E-state index contributed by atoms with van der Waals surface area (Å²) in [5, 5.41) is 11.0. The van der Waals surface area contributed by atoms with E-state index < -0.39 is 64.7 Å². The molecule has 66 heavy (non-hydrogen) atoms. The highest BCUT2D eigenvalue weighted by Crippen LogP contribution is 2.48. The number of benzene rings is 4. The van der Waals surface area contributed by atoms with Crippen LogP contribution in [0.5, 0.6) is 0 Å². The molecule has 2 aliphatic rings. The SMILES string of the molecule is O=C1C(=O)c2cc(C(F)(F)F)ccc2/C1=C/c1cc2sc3c4sc(/C=C5/c6ccc(C(F)(F)F)cc6C(=O)C5O)cc4n(C(=O)OCc4ccccc4)c3c2n1C(=O)OCc1ccccc1. The average Bonchev–Trinajstić information content (AvgIpc) is 4.11. The fraction of sp³-hybridized carbons (Fsp3) is 0.104. The molecule has 0 bridgehead atoms. The molecule has 0 radical (unpaired) electrons. The van der Waals surface area contributed by atoms with Crippen LogP contribution in [-0.2, 0) is 39.8 Å². The number of allylic oxidation sites excluding steroid dienone is 1. The number of halogens is 6. The van der Waals surface area contributed by atoms with Crippen molar-refractivity contribution < 1.29 is 64.9 Å². The summed E-state index contributed by atoms with van der Waals surface area (Å²) in [6, 6.07) is 25.5. The molecule has 0 spiro atoms. The second-order valence-electron chi connectivity index (χ2n) is 15.3. The van der Waals surface area contributed by atoms with Gasteiger partial charge < -0.3 is 14.6 Å². The minimum absolute atomic E-state index is 0.00785. The maximum Gasteiger partial charge on any atom is 0.419 e. The van der Waals surface area contributed by atoms with E-state index in [0.29, 0.717) is 42.2 Å². The Kier molecular flexibility index (Phi) is 10.1. The number of thiophene rings is 2. The molecule has 10 rings (SSSR count). The predicted molar refractivity (Wildman–Crippen MR) is 233 cm³/mol. The Hall–Kier alpha value is -7.41. The second-order valence-corrected chi connectivity index (χ2v) is 17.4. The Morgan fingerprint density at radius 2 is 1.20 bits per heavy atom. The van der Waals surface area contributed by atoms with Gasteiger partial charge in [-0.1, -0.05) is 72.8 Å². The molecule has 4 heterocycles. The number of aromatic nitrogens is 2. The lowest BCUT2D eigenvalue weighted by Gasteiger charge is -2.11. The van der Waals surface area contributed by atoms with E-state index in [9.17, 15) is 55.4 Å². The van der Waals surface area contributed by atoms with Crippen LogP contribution in [0.4, 0.5) is 35.9 Å². The highest BCUT2D eigenvalue weighted by Gasteiger charge is 2.40. The molecule has 0 saturated heterocycles. The molecule has 1 atom stereocenters. The van der Waals surface area contributed by atoms with Crippen molar-refractivity contribution in [1.82, 2.24) is 9.13 Å². The molecule has 2 aliphatic carbocycles. The number of aliphatic hydroxyl groups is 1. The third kappa shape index (κ3) is 7.13. The molecular formula is C48H26F6N2O8S2. The lowest BCUT2D eigenvalue weighted by atomic mass is 10.0. The van der Waals surface area contributed by atoms with Crippen molar-refractivity contribution >= 4 is 106 Å². The first kappa shape index (κ1) is 42.5. The van der Waals surface area contributed by atoms with Gasteiger partial charge in [-0.25, -0.2) is 18.7 Å². The van der Waals surface area contributed by atoms with Gasteiger partial charge in [0.25, 0.3) is 0 Å². The maximum atomic E-state index is 14.4. The van der Waals surface area contributed by atoms with Crippen LogP contribution in [0.3, 0.4) is 0 Å². The largest absolute Gasteiger partial charge is 0.444 e. The van der Waals surface area contributed by atoms with E-state index in [1.54, 1.807) is 66.7 Å². The van der Waals surface area contributed by atoms with Crippen LogP contribution in [-0.4, -0.2) is 49.9 Å². The molecule has 0 fully saturated rings. The first-order valence-corrected chi connectivity index (χ1v) is 21.3. The number of aliphatic hydroxyl groups excluding tert-OH is 1. The van der Waals surface area contributed by atoms with Gasteiger partial charge >= 0.3 is 24.5 Å². The van der Waals surface area contributed by atoms with E-state index in [2.05, 4.69) is 0 Å². The van der Waals surface area contributed by atoms with Gasteiger partial charge in [-0.2, -0.15) is 26.3 Å². The molecular weight excluding hydrogens is 911 g/mol. The summed E-state index contributed by atoms with van der Waals surface area (Å²) in [5.41, 5.74) is -1.36.